The lowest BCUT2D eigenvalue weighted by Gasteiger charge is -2.33. The van der Waals surface area contributed by atoms with Crippen LogP contribution in [-0.2, 0) is 5.41 Å². The largest absolute Gasteiger partial charge is 0.310 e. The molecule has 55 heavy (non-hydrogen) atoms. The molecule has 0 bridgehead atoms. The van der Waals surface area contributed by atoms with E-state index in [0.717, 1.165) is 34.0 Å². The summed E-state index contributed by atoms with van der Waals surface area (Å²) in [6, 6.07) is 75.1. The number of nitrogens with zero attached hydrogens (tertiary/aromatic N) is 2. The van der Waals surface area contributed by atoms with Crippen LogP contribution in [0.25, 0.3) is 43.8 Å². The van der Waals surface area contributed by atoms with E-state index in [1.54, 1.807) is 0 Å². The van der Waals surface area contributed by atoms with Crippen LogP contribution in [0, 0.1) is 0 Å². The molecule has 0 saturated heterocycles. The van der Waals surface area contributed by atoms with E-state index in [9.17, 15) is 0 Å². The van der Waals surface area contributed by atoms with E-state index >= 15 is 0 Å². The Bertz CT molecular complexity index is 2790. The van der Waals surface area contributed by atoms with E-state index in [0.29, 0.717) is 0 Å². The van der Waals surface area contributed by atoms with Crippen LogP contribution in [0.1, 0.15) is 25.0 Å². The molecule has 0 aromatic heterocycles. The number of rotatable bonds is 7. The third-order valence-electron chi connectivity index (χ3n) is 11.4. The average Bonchev–Trinajstić information content (AvgIpc) is 3.47. The molecule has 0 fully saturated rings. The zero-order chi connectivity index (χ0) is 36.9. The minimum absolute atomic E-state index is 0.192. The Morgan fingerprint density at radius 2 is 0.873 bits per heavy atom. The molecule has 262 valence electrons. The van der Waals surface area contributed by atoms with Gasteiger partial charge in [-0.1, -0.05) is 159 Å². The Hall–Kier alpha value is -6.90. The van der Waals surface area contributed by atoms with Crippen molar-refractivity contribution in [2.45, 2.75) is 19.3 Å². The normalized spacial score (nSPS) is 12.7. The maximum absolute atomic E-state index is 2.53. The summed E-state index contributed by atoms with van der Waals surface area (Å²) in [5.74, 6) is 0. The van der Waals surface area contributed by atoms with Crippen molar-refractivity contribution in [1.82, 2.24) is 0 Å². The fourth-order valence-corrected chi connectivity index (χ4v) is 8.76. The molecule has 9 aromatic rings. The molecule has 0 saturated carbocycles. The van der Waals surface area contributed by atoms with Gasteiger partial charge in [-0.15, -0.1) is 0 Å². The molecule has 0 spiro atoms. The molecular formula is C53H40N2. The molecule has 0 aliphatic heterocycles. The summed E-state index contributed by atoms with van der Waals surface area (Å²) in [7, 11) is 0. The SMILES string of the molecule is CC1(C)c2ccccc2-c2c1cc1c(ccc3ccccc31)c2N(c1ccccc1)c1cc(-c2ccccc2)cc(N(c2ccccc2)c2ccccc2)c1. The number of fused-ring (bicyclic) bond motifs is 6. The molecule has 1 aliphatic rings. The Labute approximate surface area is 323 Å². The van der Waals surface area contributed by atoms with Crippen molar-refractivity contribution in [3.05, 3.63) is 217 Å². The van der Waals surface area contributed by atoms with E-state index in [1.807, 2.05) is 0 Å². The first kappa shape index (κ1) is 32.7. The van der Waals surface area contributed by atoms with E-state index in [4.69, 9.17) is 0 Å². The molecule has 0 N–H and O–H groups in total. The first-order chi connectivity index (χ1) is 27.1. The number of benzene rings is 9. The first-order valence-corrected chi connectivity index (χ1v) is 19.1. The van der Waals surface area contributed by atoms with Crippen molar-refractivity contribution < 1.29 is 0 Å². The second-order valence-electron chi connectivity index (χ2n) is 15.0. The van der Waals surface area contributed by atoms with Crippen molar-refractivity contribution in [3.63, 3.8) is 0 Å². The Kier molecular flexibility index (Phi) is 7.85. The first-order valence-electron chi connectivity index (χ1n) is 19.1. The number of hydrogen-bond donors (Lipinski definition) is 0. The molecule has 2 heteroatoms. The molecule has 0 radical (unpaired) electrons. The van der Waals surface area contributed by atoms with E-state index in [1.165, 1.54) is 55.0 Å². The average molecular weight is 705 g/mol. The standard InChI is InChI=1S/C53H40N2/c1-53(2)49-30-18-17-29-47(49)51-50(53)36-48-45-28-16-15-21-38(45)31-32-46(48)52(51)55(42-26-13-6-14-27-42)44-34-39(37-19-7-3-8-20-37)33-43(35-44)54(40-22-9-4-10-23-40)41-24-11-5-12-25-41/h3-36H,1-2H3. The second kappa shape index (κ2) is 13.2. The predicted molar refractivity (Wildman–Crippen MR) is 234 cm³/mol. The van der Waals surface area contributed by atoms with Gasteiger partial charge in [-0.05, 0) is 105 Å². The van der Waals surface area contributed by atoms with Gasteiger partial charge < -0.3 is 9.80 Å². The van der Waals surface area contributed by atoms with Crippen LogP contribution >= 0.6 is 0 Å². The van der Waals surface area contributed by atoms with E-state index in [2.05, 4.69) is 230 Å². The van der Waals surface area contributed by atoms with E-state index < -0.39 is 0 Å². The summed E-state index contributed by atoms with van der Waals surface area (Å²) in [5.41, 5.74) is 14.1. The highest BCUT2D eigenvalue weighted by atomic mass is 15.2. The minimum atomic E-state index is -0.192. The number of hydrogen-bond acceptors (Lipinski definition) is 2. The van der Waals surface area contributed by atoms with Gasteiger partial charge in [0.2, 0.25) is 0 Å². The van der Waals surface area contributed by atoms with Gasteiger partial charge in [0.15, 0.2) is 0 Å². The molecule has 0 heterocycles. The van der Waals surface area contributed by atoms with Gasteiger partial charge in [-0.25, -0.2) is 0 Å². The summed E-state index contributed by atoms with van der Waals surface area (Å²) in [4.78, 5) is 4.90. The van der Waals surface area contributed by atoms with Gasteiger partial charge in [0.1, 0.15) is 0 Å². The lowest BCUT2D eigenvalue weighted by atomic mass is 9.81. The molecular weight excluding hydrogens is 665 g/mol. The fourth-order valence-electron chi connectivity index (χ4n) is 8.76. The summed E-state index contributed by atoms with van der Waals surface area (Å²) < 4.78 is 0. The molecule has 0 atom stereocenters. The topological polar surface area (TPSA) is 6.48 Å². The van der Waals surface area contributed by atoms with Gasteiger partial charge in [-0.3, -0.25) is 0 Å². The quantitative estimate of drug-likeness (QED) is 0.152. The maximum atomic E-state index is 2.53. The van der Waals surface area contributed by atoms with Gasteiger partial charge in [-0.2, -0.15) is 0 Å². The van der Waals surface area contributed by atoms with Crippen LogP contribution < -0.4 is 9.80 Å². The van der Waals surface area contributed by atoms with Crippen LogP contribution in [0.15, 0.2) is 206 Å². The molecule has 0 unspecified atom stereocenters. The monoisotopic (exact) mass is 704 g/mol. The number of para-hydroxylation sites is 3. The van der Waals surface area contributed by atoms with Crippen LogP contribution in [0.5, 0.6) is 0 Å². The zero-order valence-corrected chi connectivity index (χ0v) is 31.0. The maximum Gasteiger partial charge on any atom is 0.0621 e. The summed E-state index contributed by atoms with van der Waals surface area (Å²) in [6.45, 7) is 4.77. The Morgan fingerprint density at radius 1 is 0.345 bits per heavy atom. The Morgan fingerprint density at radius 3 is 1.53 bits per heavy atom. The third-order valence-corrected chi connectivity index (χ3v) is 11.4. The number of anilines is 6. The molecule has 1 aliphatic carbocycles. The Balaban J connectivity index is 1.34. The van der Waals surface area contributed by atoms with Crippen molar-refractivity contribution in [2.24, 2.45) is 0 Å². The molecule has 10 rings (SSSR count). The molecule has 2 nitrogen and oxygen atoms in total. The summed E-state index contributed by atoms with van der Waals surface area (Å²) in [6.07, 6.45) is 0. The van der Waals surface area contributed by atoms with Gasteiger partial charge >= 0.3 is 0 Å². The van der Waals surface area contributed by atoms with Crippen LogP contribution in [0.3, 0.4) is 0 Å². The highest BCUT2D eigenvalue weighted by molar-refractivity contribution is 6.18. The minimum Gasteiger partial charge on any atom is -0.310 e. The van der Waals surface area contributed by atoms with Crippen molar-refractivity contribution in [3.8, 4) is 22.3 Å². The highest BCUT2D eigenvalue weighted by Crippen LogP contribution is 2.57. The lowest BCUT2D eigenvalue weighted by molar-refractivity contribution is 0.661. The van der Waals surface area contributed by atoms with Gasteiger partial charge in [0, 0.05) is 44.8 Å². The summed E-state index contributed by atoms with van der Waals surface area (Å²) in [5, 5.41) is 5.00. The van der Waals surface area contributed by atoms with Crippen LogP contribution in [0.4, 0.5) is 34.1 Å². The zero-order valence-electron chi connectivity index (χ0n) is 31.0. The highest BCUT2D eigenvalue weighted by Gasteiger charge is 2.39. The van der Waals surface area contributed by atoms with E-state index in [-0.39, 0.29) is 5.41 Å². The second-order valence-corrected chi connectivity index (χ2v) is 15.0. The van der Waals surface area contributed by atoms with Gasteiger partial charge in [0.25, 0.3) is 0 Å². The van der Waals surface area contributed by atoms with Crippen molar-refractivity contribution >= 4 is 55.7 Å². The molecule has 0 amide bonds. The smallest absolute Gasteiger partial charge is 0.0621 e. The van der Waals surface area contributed by atoms with Gasteiger partial charge in [0.05, 0.1) is 5.69 Å². The fraction of sp³-hybridized carbons (Fsp3) is 0.0566. The summed E-state index contributed by atoms with van der Waals surface area (Å²) >= 11 is 0. The van der Waals surface area contributed by atoms with Crippen molar-refractivity contribution in [2.75, 3.05) is 9.80 Å². The predicted octanol–water partition coefficient (Wildman–Crippen LogP) is 14.9. The molecule has 9 aromatic carbocycles. The van der Waals surface area contributed by atoms with Crippen LogP contribution in [0.2, 0.25) is 0 Å². The third kappa shape index (κ3) is 5.49. The van der Waals surface area contributed by atoms with Crippen molar-refractivity contribution in [1.29, 1.82) is 0 Å². The lowest BCUT2D eigenvalue weighted by Crippen LogP contribution is -2.17. The van der Waals surface area contributed by atoms with Crippen LogP contribution in [-0.4, -0.2) is 0 Å².